The molecule has 0 saturated heterocycles. The Morgan fingerprint density at radius 2 is 1.79 bits per heavy atom. The SMILES string of the molecule is COc1cc(C2CC(=O)Nc3c2c(=O)nc(SCc2ccc(C)cc2)n3C)cc(OC)c1O. The van der Waals surface area contributed by atoms with Gasteiger partial charge in [0.25, 0.3) is 5.56 Å². The Balaban J connectivity index is 1.75. The van der Waals surface area contributed by atoms with Crippen molar-refractivity contribution in [2.45, 2.75) is 30.2 Å². The molecule has 2 N–H and O–H groups in total. The molecule has 172 valence electrons. The maximum Gasteiger partial charge on any atom is 0.279 e. The van der Waals surface area contributed by atoms with Crippen LogP contribution in [-0.4, -0.2) is 34.8 Å². The maximum absolute atomic E-state index is 13.2. The van der Waals surface area contributed by atoms with Gasteiger partial charge in [0.05, 0.1) is 19.8 Å². The average Bonchev–Trinajstić information content (AvgIpc) is 2.81. The molecule has 1 atom stereocenters. The third kappa shape index (κ3) is 4.41. The van der Waals surface area contributed by atoms with Crippen LogP contribution >= 0.6 is 11.8 Å². The van der Waals surface area contributed by atoms with E-state index in [2.05, 4.69) is 10.3 Å². The number of hydrogen-bond donors (Lipinski definition) is 2. The smallest absolute Gasteiger partial charge is 0.279 e. The van der Waals surface area contributed by atoms with E-state index in [1.165, 1.54) is 31.5 Å². The van der Waals surface area contributed by atoms with E-state index in [0.29, 0.717) is 27.9 Å². The van der Waals surface area contributed by atoms with Crippen LogP contribution in [0.2, 0.25) is 0 Å². The first-order valence-corrected chi connectivity index (χ1v) is 11.3. The Labute approximate surface area is 195 Å². The first-order valence-electron chi connectivity index (χ1n) is 10.4. The van der Waals surface area contributed by atoms with E-state index in [9.17, 15) is 14.7 Å². The number of amides is 1. The molecule has 0 radical (unpaired) electrons. The Bertz CT molecular complexity index is 1250. The zero-order valence-electron chi connectivity index (χ0n) is 18.8. The average molecular weight is 468 g/mol. The van der Waals surface area contributed by atoms with Gasteiger partial charge in [-0.2, -0.15) is 4.98 Å². The normalized spacial score (nSPS) is 15.0. The zero-order chi connectivity index (χ0) is 23.7. The molecule has 33 heavy (non-hydrogen) atoms. The van der Waals surface area contributed by atoms with Gasteiger partial charge in [-0.25, -0.2) is 0 Å². The molecule has 4 rings (SSSR count). The quantitative estimate of drug-likeness (QED) is 0.422. The van der Waals surface area contributed by atoms with Gasteiger partial charge in [0.1, 0.15) is 5.82 Å². The summed E-state index contributed by atoms with van der Waals surface area (Å²) < 4.78 is 12.3. The molecule has 2 heterocycles. The van der Waals surface area contributed by atoms with E-state index in [0.717, 1.165) is 5.56 Å². The summed E-state index contributed by atoms with van der Waals surface area (Å²) in [5.74, 6) is 0.558. The van der Waals surface area contributed by atoms with Crippen LogP contribution < -0.4 is 20.3 Å². The van der Waals surface area contributed by atoms with E-state index in [1.54, 1.807) is 23.7 Å². The lowest BCUT2D eigenvalue weighted by Gasteiger charge is -2.28. The molecular formula is C24H25N3O5S. The van der Waals surface area contributed by atoms with Gasteiger partial charge in [-0.05, 0) is 30.2 Å². The van der Waals surface area contributed by atoms with E-state index < -0.39 is 11.5 Å². The van der Waals surface area contributed by atoms with Crippen LogP contribution in [0.25, 0.3) is 0 Å². The molecule has 2 aromatic carbocycles. The zero-order valence-corrected chi connectivity index (χ0v) is 19.7. The molecule has 0 spiro atoms. The molecule has 1 aromatic heterocycles. The van der Waals surface area contributed by atoms with Crippen molar-refractivity contribution in [3.63, 3.8) is 0 Å². The summed E-state index contributed by atoms with van der Waals surface area (Å²) in [4.78, 5) is 30.1. The van der Waals surface area contributed by atoms with Gasteiger partial charge in [-0.15, -0.1) is 0 Å². The van der Waals surface area contributed by atoms with Gasteiger partial charge in [-0.1, -0.05) is 41.6 Å². The molecular weight excluding hydrogens is 442 g/mol. The minimum absolute atomic E-state index is 0.0663. The highest BCUT2D eigenvalue weighted by molar-refractivity contribution is 7.98. The van der Waals surface area contributed by atoms with Gasteiger partial charge in [-0.3, -0.25) is 9.59 Å². The standard InChI is InChI=1S/C24H25N3O5S/c1-13-5-7-14(8-6-13)12-33-24-26-23(30)20-16(11-19(28)25-22(20)27(24)2)15-9-17(31-3)21(29)18(10-15)32-4/h5-10,16,29H,11-12H2,1-4H3,(H,25,28). The number of anilines is 1. The van der Waals surface area contributed by atoms with E-state index >= 15 is 0 Å². The lowest BCUT2D eigenvalue weighted by Crippen LogP contribution is -2.33. The van der Waals surface area contributed by atoms with Crippen molar-refractivity contribution in [3.8, 4) is 17.2 Å². The number of thioether (sulfide) groups is 1. The van der Waals surface area contributed by atoms with Gasteiger partial charge in [0.2, 0.25) is 11.7 Å². The molecule has 0 bridgehead atoms. The summed E-state index contributed by atoms with van der Waals surface area (Å²) in [5, 5.41) is 13.6. The summed E-state index contributed by atoms with van der Waals surface area (Å²) in [6, 6.07) is 11.4. The van der Waals surface area contributed by atoms with Crippen molar-refractivity contribution in [1.82, 2.24) is 9.55 Å². The van der Waals surface area contributed by atoms with Crippen molar-refractivity contribution < 1.29 is 19.4 Å². The topological polar surface area (TPSA) is 103 Å². The van der Waals surface area contributed by atoms with Crippen LogP contribution in [0.15, 0.2) is 46.3 Å². The first-order chi connectivity index (χ1) is 15.8. The molecule has 1 unspecified atom stereocenters. The van der Waals surface area contributed by atoms with Crippen molar-refractivity contribution >= 4 is 23.5 Å². The predicted molar refractivity (Wildman–Crippen MR) is 127 cm³/mol. The molecule has 0 fully saturated rings. The third-order valence-corrected chi connectivity index (χ3v) is 6.79. The number of phenols is 1. The van der Waals surface area contributed by atoms with E-state index in [1.807, 2.05) is 31.2 Å². The number of hydrogen-bond acceptors (Lipinski definition) is 7. The largest absolute Gasteiger partial charge is 0.502 e. The van der Waals surface area contributed by atoms with Crippen molar-refractivity contribution in [2.75, 3.05) is 19.5 Å². The number of aromatic nitrogens is 2. The number of carbonyl (C=O) groups excluding carboxylic acids is 1. The number of carbonyl (C=O) groups is 1. The number of rotatable bonds is 6. The van der Waals surface area contributed by atoms with Gasteiger partial charge in [0, 0.05) is 25.1 Å². The van der Waals surface area contributed by atoms with Gasteiger partial charge in [0.15, 0.2) is 16.7 Å². The Morgan fingerprint density at radius 3 is 2.39 bits per heavy atom. The summed E-state index contributed by atoms with van der Waals surface area (Å²) in [7, 11) is 4.64. The number of aryl methyl sites for hydroxylation is 1. The van der Waals surface area contributed by atoms with E-state index in [-0.39, 0.29) is 29.6 Å². The highest BCUT2D eigenvalue weighted by Gasteiger charge is 2.33. The van der Waals surface area contributed by atoms with Crippen molar-refractivity contribution in [3.05, 3.63) is 69.0 Å². The van der Waals surface area contributed by atoms with Crippen molar-refractivity contribution in [1.29, 1.82) is 0 Å². The molecule has 8 nitrogen and oxygen atoms in total. The molecule has 9 heteroatoms. The molecule has 1 aliphatic heterocycles. The molecule has 0 saturated carbocycles. The minimum Gasteiger partial charge on any atom is -0.502 e. The number of nitrogens with one attached hydrogen (secondary N) is 1. The number of methoxy groups -OCH3 is 2. The lowest BCUT2D eigenvalue weighted by molar-refractivity contribution is -0.116. The van der Waals surface area contributed by atoms with E-state index in [4.69, 9.17) is 9.47 Å². The predicted octanol–water partition coefficient (Wildman–Crippen LogP) is 3.58. The maximum atomic E-state index is 13.2. The van der Waals surface area contributed by atoms with Crippen LogP contribution in [-0.2, 0) is 17.6 Å². The lowest BCUT2D eigenvalue weighted by atomic mass is 9.86. The summed E-state index contributed by atoms with van der Waals surface area (Å²) in [5.41, 5.74) is 2.91. The van der Waals surface area contributed by atoms with Crippen LogP contribution in [0.5, 0.6) is 17.2 Å². The van der Waals surface area contributed by atoms with Gasteiger partial charge < -0.3 is 24.5 Å². The van der Waals surface area contributed by atoms with Crippen LogP contribution in [0.4, 0.5) is 5.82 Å². The Hall–Kier alpha value is -3.46. The van der Waals surface area contributed by atoms with Crippen LogP contribution in [0, 0.1) is 6.92 Å². The molecule has 0 aliphatic carbocycles. The molecule has 1 amide bonds. The fourth-order valence-corrected chi connectivity index (χ4v) is 4.82. The van der Waals surface area contributed by atoms with Gasteiger partial charge >= 0.3 is 0 Å². The number of aromatic hydroxyl groups is 1. The third-order valence-electron chi connectivity index (χ3n) is 5.69. The molecule has 3 aromatic rings. The number of phenolic OH excluding ortho intramolecular Hbond substituents is 1. The summed E-state index contributed by atoms with van der Waals surface area (Å²) in [6.07, 6.45) is 0.0663. The van der Waals surface area contributed by atoms with Crippen LogP contribution in [0.3, 0.4) is 0 Å². The highest BCUT2D eigenvalue weighted by atomic mass is 32.2. The second kappa shape index (κ2) is 9.19. The fourth-order valence-electron chi connectivity index (χ4n) is 3.90. The second-order valence-corrected chi connectivity index (χ2v) is 8.82. The monoisotopic (exact) mass is 467 g/mol. The summed E-state index contributed by atoms with van der Waals surface area (Å²) in [6.45, 7) is 2.03. The highest BCUT2D eigenvalue weighted by Crippen LogP contribution is 2.43. The van der Waals surface area contributed by atoms with Crippen molar-refractivity contribution in [2.24, 2.45) is 7.05 Å². The van der Waals surface area contributed by atoms with Crippen LogP contribution in [0.1, 0.15) is 34.6 Å². The molecule has 1 aliphatic rings. The number of ether oxygens (including phenoxy) is 2. The Morgan fingerprint density at radius 1 is 1.15 bits per heavy atom. The second-order valence-electron chi connectivity index (χ2n) is 7.87. The summed E-state index contributed by atoms with van der Waals surface area (Å²) >= 11 is 1.43. The number of fused-ring (bicyclic) bond motifs is 1. The minimum atomic E-state index is -0.556. The Kier molecular flexibility index (Phi) is 6.33. The number of benzene rings is 2. The number of nitrogens with zero attached hydrogens (tertiary/aromatic N) is 2. The first kappa shape index (κ1) is 22.7. The fraction of sp³-hybridized carbons (Fsp3) is 0.292.